The topological polar surface area (TPSA) is 85.0 Å². The Labute approximate surface area is 160 Å². The van der Waals surface area contributed by atoms with Gasteiger partial charge in [-0.3, -0.25) is 9.36 Å². The van der Waals surface area contributed by atoms with E-state index in [2.05, 4.69) is 15.3 Å². The van der Waals surface area contributed by atoms with Crippen LogP contribution in [0.4, 0.5) is 14.7 Å². The fourth-order valence-electron chi connectivity index (χ4n) is 2.97. The second-order valence-corrected chi connectivity index (χ2v) is 6.94. The van der Waals surface area contributed by atoms with Crippen molar-refractivity contribution in [3.8, 4) is 0 Å². The SMILES string of the molecule is CCn1c(N[C@@H](CO)C(C)C)nc2c(ncn2Cc2ccc(F)cc2F)c1=O. The van der Waals surface area contributed by atoms with Crippen LogP contribution in [-0.4, -0.2) is 36.9 Å². The smallest absolute Gasteiger partial charge is 0.283 e. The molecule has 0 amide bonds. The third-order valence-electron chi connectivity index (χ3n) is 4.71. The van der Waals surface area contributed by atoms with Crippen LogP contribution >= 0.6 is 0 Å². The number of nitrogens with one attached hydrogen (secondary N) is 1. The first-order valence-corrected chi connectivity index (χ1v) is 9.12. The van der Waals surface area contributed by atoms with Crippen molar-refractivity contribution in [2.24, 2.45) is 5.92 Å². The molecule has 0 aliphatic carbocycles. The van der Waals surface area contributed by atoms with Crippen LogP contribution in [0.25, 0.3) is 11.2 Å². The molecule has 1 atom stereocenters. The first kappa shape index (κ1) is 19.9. The normalized spacial score (nSPS) is 12.7. The summed E-state index contributed by atoms with van der Waals surface area (Å²) in [6.45, 7) is 6.02. The molecule has 1 aromatic carbocycles. The highest BCUT2D eigenvalue weighted by Gasteiger charge is 2.19. The molecule has 9 heteroatoms. The van der Waals surface area contributed by atoms with E-state index >= 15 is 0 Å². The molecule has 0 unspecified atom stereocenters. The quantitative estimate of drug-likeness (QED) is 0.646. The summed E-state index contributed by atoms with van der Waals surface area (Å²) in [5, 5.41) is 12.7. The van der Waals surface area contributed by atoms with E-state index in [1.807, 2.05) is 20.8 Å². The molecule has 0 radical (unpaired) electrons. The van der Waals surface area contributed by atoms with Crippen molar-refractivity contribution in [3.05, 3.63) is 52.1 Å². The zero-order chi connectivity index (χ0) is 20.4. The van der Waals surface area contributed by atoms with Crippen LogP contribution in [0.3, 0.4) is 0 Å². The predicted octanol–water partition coefficient (Wildman–Crippen LogP) is 2.37. The van der Waals surface area contributed by atoms with Crippen LogP contribution in [0.15, 0.2) is 29.3 Å². The Morgan fingerprint density at radius 3 is 2.64 bits per heavy atom. The molecule has 7 nitrogen and oxygen atoms in total. The Morgan fingerprint density at radius 1 is 1.29 bits per heavy atom. The van der Waals surface area contributed by atoms with Gasteiger partial charge in [0, 0.05) is 18.2 Å². The van der Waals surface area contributed by atoms with Crippen molar-refractivity contribution >= 4 is 17.1 Å². The number of hydrogen-bond acceptors (Lipinski definition) is 5. The summed E-state index contributed by atoms with van der Waals surface area (Å²) >= 11 is 0. The molecule has 0 saturated heterocycles. The number of benzene rings is 1. The van der Waals surface area contributed by atoms with E-state index in [9.17, 15) is 18.7 Å². The summed E-state index contributed by atoms with van der Waals surface area (Å²) in [7, 11) is 0. The Hall–Kier alpha value is -2.81. The molecule has 2 N–H and O–H groups in total. The van der Waals surface area contributed by atoms with Gasteiger partial charge in [0.05, 0.1) is 25.5 Å². The minimum absolute atomic E-state index is 0.0538. The number of halogens is 2. The van der Waals surface area contributed by atoms with Gasteiger partial charge in [-0.25, -0.2) is 13.8 Å². The van der Waals surface area contributed by atoms with Gasteiger partial charge >= 0.3 is 0 Å². The molecule has 0 spiro atoms. The first-order valence-electron chi connectivity index (χ1n) is 9.12. The highest BCUT2D eigenvalue weighted by Crippen LogP contribution is 2.17. The van der Waals surface area contributed by atoms with Crippen molar-refractivity contribution in [1.29, 1.82) is 0 Å². The van der Waals surface area contributed by atoms with Crippen LogP contribution in [-0.2, 0) is 13.1 Å². The number of fused-ring (bicyclic) bond motifs is 1. The van der Waals surface area contributed by atoms with Gasteiger partial charge < -0.3 is 15.0 Å². The summed E-state index contributed by atoms with van der Waals surface area (Å²) < 4.78 is 30.2. The lowest BCUT2D eigenvalue weighted by Gasteiger charge is -2.22. The van der Waals surface area contributed by atoms with Gasteiger partial charge in [0.2, 0.25) is 5.95 Å². The standard InChI is InChI=1S/C19H23F2N5O2/c1-4-26-18(28)16-17(24-19(26)23-15(9-27)11(2)3)25(10-22-16)8-12-5-6-13(20)7-14(12)21/h5-7,10-11,15,27H,4,8-9H2,1-3H3,(H,23,24)/t15-/m0/s1. The molecule has 3 aromatic rings. The molecule has 0 bridgehead atoms. The first-order chi connectivity index (χ1) is 13.3. The molecule has 3 rings (SSSR count). The van der Waals surface area contributed by atoms with Gasteiger partial charge in [-0.1, -0.05) is 19.9 Å². The minimum atomic E-state index is -0.678. The molecule has 0 aliphatic rings. The number of nitrogens with zero attached hydrogens (tertiary/aromatic N) is 4. The maximum absolute atomic E-state index is 14.0. The van der Waals surface area contributed by atoms with Crippen LogP contribution in [0.5, 0.6) is 0 Å². The van der Waals surface area contributed by atoms with Crippen LogP contribution < -0.4 is 10.9 Å². The second-order valence-electron chi connectivity index (χ2n) is 6.94. The summed E-state index contributed by atoms with van der Waals surface area (Å²) in [4.78, 5) is 21.5. The molecular formula is C19H23F2N5O2. The molecule has 2 heterocycles. The molecule has 0 aliphatic heterocycles. The van der Waals surface area contributed by atoms with Gasteiger partial charge in [-0.15, -0.1) is 0 Å². The van der Waals surface area contributed by atoms with Gasteiger partial charge in [0.15, 0.2) is 11.2 Å². The maximum atomic E-state index is 14.0. The van der Waals surface area contributed by atoms with E-state index in [4.69, 9.17) is 0 Å². The Kier molecular flexibility index (Phi) is 5.73. The van der Waals surface area contributed by atoms with E-state index in [1.165, 1.54) is 23.0 Å². The largest absolute Gasteiger partial charge is 0.394 e. The summed E-state index contributed by atoms with van der Waals surface area (Å²) in [6, 6.07) is 3.06. The average molecular weight is 391 g/mol. The molecule has 0 fully saturated rings. The van der Waals surface area contributed by atoms with Crippen LogP contribution in [0, 0.1) is 17.6 Å². The number of aliphatic hydroxyl groups is 1. The fourth-order valence-corrected chi connectivity index (χ4v) is 2.97. The van der Waals surface area contributed by atoms with Crippen LogP contribution in [0.2, 0.25) is 0 Å². The van der Waals surface area contributed by atoms with Crippen molar-refractivity contribution < 1.29 is 13.9 Å². The van der Waals surface area contributed by atoms with E-state index in [0.717, 1.165) is 6.07 Å². The van der Waals surface area contributed by atoms with E-state index in [0.29, 0.717) is 18.1 Å². The molecule has 2 aromatic heterocycles. The number of rotatable bonds is 7. The summed E-state index contributed by atoms with van der Waals surface area (Å²) in [5.41, 5.74) is 0.391. The molecule has 0 saturated carbocycles. The van der Waals surface area contributed by atoms with Gasteiger partial charge in [0.25, 0.3) is 5.56 Å². The number of aliphatic hydroxyl groups excluding tert-OH is 1. The van der Waals surface area contributed by atoms with Gasteiger partial charge in [-0.05, 0) is 18.9 Å². The lowest BCUT2D eigenvalue weighted by Crippen LogP contribution is -2.34. The van der Waals surface area contributed by atoms with Crippen molar-refractivity contribution in [2.45, 2.75) is 39.9 Å². The van der Waals surface area contributed by atoms with Crippen molar-refractivity contribution in [1.82, 2.24) is 19.1 Å². The lowest BCUT2D eigenvalue weighted by molar-refractivity contribution is 0.248. The van der Waals surface area contributed by atoms with Crippen LogP contribution in [0.1, 0.15) is 26.3 Å². The Morgan fingerprint density at radius 2 is 2.04 bits per heavy atom. The number of aromatic nitrogens is 4. The lowest BCUT2D eigenvalue weighted by atomic mass is 10.1. The van der Waals surface area contributed by atoms with Gasteiger partial charge in [-0.2, -0.15) is 4.98 Å². The van der Waals surface area contributed by atoms with E-state index in [-0.39, 0.29) is 41.8 Å². The fraction of sp³-hybridized carbons (Fsp3) is 0.421. The monoisotopic (exact) mass is 391 g/mol. The average Bonchev–Trinajstić information content (AvgIpc) is 3.05. The number of imidazole rings is 1. The highest BCUT2D eigenvalue weighted by molar-refractivity contribution is 5.71. The predicted molar refractivity (Wildman–Crippen MR) is 102 cm³/mol. The van der Waals surface area contributed by atoms with Gasteiger partial charge in [0.1, 0.15) is 11.6 Å². The maximum Gasteiger partial charge on any atom is 0.283 e. The number of hydrogen-bond donors (Lipinski definition) is 2. The summed E-state index contributed by atoms with van der Waals surface area (Å²) in [6.07, 6.45) is 1.41. The van der Waals surface area contributed by atoms with E-state index < -0.39 is 11.6 Å². The zero-order valence-corrected chi connectivity index (χ0v) is 16.0. The third-order valence-corrected chi connectivity index (χ3v) is 4.71. The van der Waals surface area contributed by atoms with Crippen molar-refractivity contribution in [2.75, 3.05) is 11.9 Å². The number of anilines is 1. The Bertz CT molecular complexity index is 1040. The van der Waals surface area contributed by atoms with Crippen molar-refractivity contribution in [3.63, 3.8) is 0 Å². The minimum Gasteiger partial charge on any atom is -0.394 e. The summed E-state index contributed by atoms with van der Waals surface area (Å²) in [5.74, 6) is -0.909. The molecular weight excluding hydrogens is 368 g/mol. The highest BCUT2D eigenvalue weighted by atomic mass is 19.1. The molecule has 150 valence electrons. The van der Waals surface area contributed by atoms with E-state index in [1.54, 1.807) is 4.57 Å². The zero-order valence-electron chi connectivity index (χ0n) is 16.0. The second kappa shape index (κ2) is 8.05. The Balaban J connectivity index is 2.08. The molecule has 28 heavy (non-hydrogen) atoms. The third kappa shape index (κ3) is 3.75.